The predicted octanol–water partition coefficient (Wildman–Crippen LogP) is 1.35. The van der Waals surface area contributed by atoms with Crippen LogP contribution in [0.2, 0.25) is 0 Å². The van der Waals surface area contributed by atoms with Gasteiger partial charge in [0, 0.05) is 24.2 Å². The Morgan fingerprint density at radius 2 is 2.64 bits per heavy atom. The maximum Gasteiger partial charge on any atom is 0.0794 e. The van der Waals surface area contributed by atoms with Crippen molar-refractivity contribution >= 4 is 11.3 Å². The van der Waals surface area contributed by atoms with E-state index in [0.29, 0.717) is 5.92 Å². The van der Waals surface area contributed by atoms with Crippen LogP contribution in [0.25, 0.3) is 0 Å². The average Bonchev–Trinajstić information content (AvgIpc) is 2.75. The van der Waals surface area contributed by atoms with E-state index in [1.165, 1.54) is 4.88 Å². The van der Waals surface area contributed by atoms with Gasteiger partial charge in [-0.1, -0.05) is 0 Å². The lowest BCUT2D eigenvalue weighted by molar-refractivity contribution is 0.127. The number of aromatic nitrogens is 1. The summed E-state index contributed by atoms with van der Waals surface area (Å²) in [6, 6.07) is 0. The van der Waals surface area contributed by atoms with Crippen LogP contribution in [0.15, 0.2) is 11.7 Å². The third-order valence-electron chi connectivity index (χ3n) is 2.85. The van der Waals surface area contributed by atoms with E-state index in [0.717, 1.165) is 26.1 Å². The van der Waals surface area contributed by atoms with Gasteiger partial charge in [0.25, 0.3) is 0 Å². The Morgan fingerprint density at radius 3 is 3.21 bits per heavy atom. The minimum atomic E-state index is -0.165. The van der Waals surface area contributed by atoms with Crippen LogP contribution in [-0.2, 0) is 6.54 Å². The van der Waals surface area contributed by atoms with Crippen LogP contribution in [-0.4, -0.2) is 34.2 Å². The molecule has 14 heavy (non-hydrogen) atoms. The molecule has 0 spiro atoms. The number of aliphatic hydroxyl groups is 1. The second-order valence-corrected chi connectivity index (χ2v) is 4.96. The second kappa shape index (κ2) is 4.38. The first-order valence-electron chi connectivity index (χ1n) is 5.03. The highest BCUT2D eigenvalue weighted by molar-refractivity contribution is 7.09. The van der Waals surface area contributed by atoms with E-state index in [-0.39, 0.29) is 6.10 Å². The van der Waals surface area contributed by atoms with Gasteiger partial charge in [0.1, 0.15) is 0 Å². The van der Waals surface area contributed by atoms with E-state index in [1.54, 1.807) is 11.3 Å². The Kier molecular flexibility index (Phi) is 3.15. The third-order valence-corrected chi connectivity index (χ3v) is 3.62. The van der Waals surface area contributed by atoms with Gasteiger partial charge in [-0.2, -0.15) is 0 Å². The van der Waals surface area contributed by atoms with Gasteiger partial charge in [-0.3, -0.25) is 9.88 Å². The summed E-state index contributed by atoms with van der Waals surface area (Å²) in [5, 5.41) is 9.46. The number of hydrogen-bond acceptors (Lipinski definition) is 4. The average molecular weight is 212 g/mol. The van der Waals surface area contributed by atoms with Crippen LogP contribution in [0.1, 0.15) is 18.2 Å². The number of aliphatic hydroxyl groups excluding tert-OH is 1. The molecule has 1 aromatic rings. The molecule has 1 N–H and O–H groups in total. The summed E-state index contributed by atoms with van der Waals surface area (Å²) < 4.78 is 0. The Balaban J connectivity index is 1.84. The van der Waals surface area contributed by atoms with Crippen LogP contribution in [0.4, 0.5) is 0 Å². The molecule has 78 valence electrons. The minimum absolute atomic E-state index is 0.165. The fourth-order valence-corrected chi connectivity index (χ4v) is 2.58. The predicted molar refractivity (Wildman–Crippen MR) is 57.2 cm³/mol. The molecule has 0 aliphatic carbocycles. The lowest BCUT2D eigenvalue weighted by Gasteiger charge is -2.16. The molecule has 1 fully saturated rings. The second-order valence-electron chi connectivity index (χ2n) is 3.99. The smallest absolute Gasteiger partial charge is 0.0794 e. The van der Waals surface area contributed by atoms with Crippen LogP contribution in [0, 0.1) is 5.92 Å². The molecule has 1 saturated heterocycles. The van der Waals surface area contributed by atoms with Crippen LogP contribution < -0.4 is 0 Å². The molecule has 3 nitrogen and oxygen atoms in total. The van der Waals surface area contributed by atoms with E-state index < -0.39 is 0 Å². The first kappa shape index (κ1) is 10.1. The molecule has 2 unspecified atom stereocenters. The van der Waals surface area contributed by atoms with Gasteiger partial charge in [0.05, 0.1) is 11.6 Å². The van der Waals surface area contributed by atoms with Crippen LogP contribution >= 0.6 is 11.3 Å². The van der Waals surface area contributed by atoms with Crippen molar-refractivity contribution in [2.75, 3.05) is 13.1 Å². The topological polar surface area (TPSA) is 36.4 Å². The standard InChI is InChI=1S/C10H16N2OS/c1-8(13)9-2-3-12(5-9)6-10-4-11-7-14-10/h4,7-9,13H,2-3,5-6H2,1H3. The number of thiazole rings is 1. The highest BCUT2D eigenvalue weighted by Gasteiger charge is 2.25. The minimum Gasteiger partial charge on any atom is -0.393 e. The van der Waals surface area contributed by atoms with Crippen molar-refractivity contribution in [2.24, 2.45) is 5.92 Å². The highest BCUT2D eigenvalue weighted by Crippen LogP contribution is 2.22. The first-order chi connectivity index (χ1) is 6.75. The van der Waals surface area contributed by atoms with Gasteiger partial charge < -0.3 is 5.11 Å². The third kappa shape index (κ3) is 2.32. The maximum atomic E-state index is 9.46. The van der Waals surface area contributed by atoms with Gasteiger partial charge in [0.2, 0.25) is 0 Å². The first-order valence-corrected chi connectivity index (χ1v) is 5.91. The van der Waals surface area contributed by atoms with E-state index in [1.807, 2.05) is 18.6 Å². The van der Waals surface area contributed by atoms with Crippen molar-refractivity contribution in [3.05, 3.63) is 16.6 Å². The summed E-state index contributed by atoms with van der Waals surface area (Å²) in [5.41, 5.74) is 1.87. The molecule has 0 amide bonds. The Labute approximate surface area is 88.4 Å². The van der Waals surface area contributed by atoms with Crippen LogP contribution in [0.3, 0.4) is 0 Å². The summed E-state index contributed by atoms with van der Waals surface area (Å²) in [6.07, 6.45) is 2.89. The molecule has 2 atom stereocenters. The summed E-state index contributed by atoms with van der Waals surface area (Å²) in [4.78, 5) is 7.77. The zero-order chi connectivity index (χ0) is 9.97. The molecule has 2 rings (SSSR count). The van der Waals surface area contributed by atoms with E-state index in [2.05, 4.69) is 9.88 Å². The number of nitrogens with zero attached hydrogens (tertiary/aromatic N) is 2. The Hall–Kier alpha value is -0.450. The summed E-state index contributed by atoms with van der Waals surface area (Å²) in [7, 11) is 0. The quantitative estimate of drug-likeness (QED) is 0.821. The molecule has 0 bridgehead atoms. The van der Waals surface area contributed by atoms with Gasteiger partial charge >= 0.3 is 0 Å². The molecule has 1 aliphatic heterocycles. The highest BCUT2D eigenvalue weighted by atomic mass is 32.1. The molecular formula is C10H16N2OS. The zero-order valence-electron chi connectivity index (χ0n) is 8.39. The molecule has 1 aliphatic rings. The van der Waals surface area contributed by atoms with E-state index in [9.17, 15) is 5.11 Å². The monoisotopic (exact) mass is 212 g/mol. The van der Waals surface area contributed by atoms with E-state index in [4.69, 9.17) is 0 Å². The fraction of sp³-hybridized carbons (Fsp3) is 0.700. The molecule has 1 aromatic heterocycles. The molecule has 0 aromatic carbocycles. The van der Waals surface area contributed by atoms with Gasteiger partial charge in [-0.15, -0.1) is 11.3 Å². The van der Waals surface area contributed by atoms with Crippen molar-refractivity contribution in [2.45, 2.75) is 26.0 Å². The fourth-order valence-electron chi connectivity index (χ4n) is 1.94. The Morgan fingerprint density at radius 1 is 1.79 bits per heavy atom. The molecule has 2 heterocycles. The zero-order valence-corrected chi connectivity index (χ0v) is 9.20. The maximum absolute atomic E-state index is 9.46. The van der Waals surface area contributed by atoms with Crippen molar-refractivity contribution in [1.29, 1.82) is 0 Å². The normalized spacial score (nSPS) is 25.4. The number of hydrogen-bond donors (Lipinski definition) is 1. The van der Waals surface area contributed by atoms with Crippen LogP contribution in [0.5, 0.6) is 0 Å². The van der Waals surface area contributed by atoms with Crippen molar-refractivity contribution in [1.82, 2.24) is 9.88 Å². The largest absolute Gasteiger partial charge is 0.393 e. The summed E-state index contributed by atoms with van der Waals surface area (Å²) in [5.74, 6) is 0.461. The summed E-state index contributed by atoms with van der Waals surface area (Å²) >= 11 is 1.70. The van der Waals surface area contributed by atoms with Gasteiger partial charge in [-0.25, -0.2) is 0 Å². The lowest BCUT2D eigenvalue weighted by Crippen LogP contribution is -2.23. The van der Waals surface area contributed by atoms with Gasteiger partial charge in [-0.05, 0) is 25.8 Å². The molecule has 0 saturated carbocycles. The SMILES string of the molecule is CC(O)C1CCN(Cc2cncs2)C1. The summed E-state index contributed by atoms with van der Waals surface area (Å²) in [6.45, 7) is 5.01. The van der Waals surface area contributed by atoms with Crippen molar-refractivity contribution < 1.29 is 5.11 Å². The number of rotatable bonds is 3. The molecule has 4 heteroatoms. The molecular weight excluding hydrogens is 196 g/mol. The number of likely N-dealkylation sites (tertiary alicyclic amines) is 1. The van der Waals surface area contributed by atoms with Crippen molar-refractivity contribution in [3.8, 4) is 0 Å². The molecule has 0 radical (unpaired) electrons. The van der Waals surface area contributed by atoms with Gasteiger partial charge in [0.15, 0.2) is 0 Å². The lowest BCUT2D eigenvalue weighted by atomic mass is 10.0. The van der Waals surface area contributed by atoms with E-state index >= 15 is 0 Å². The Bertz CT molecular complexity index is 274. The van der Waals surface area contributed by atoms with Crippen molar-refractivity contribution in [3.63, 3.8) is 0 Å².